The Morgan fingerprint density at radius 3 is 2.43 bits per heavy atom. The van der Waals surface area contributed by atoms with Crippen LogP contribution in [0.15, 0.2) is 78.5 Å². The van der Waals surface area contributed by atoms with Gasteiger partial charge in [0, 0.05) is 0 Å². The highest BCUT2D eigenvalue weighted by Crippen LogP contribution is 2.30. The quantitative estimate of drug-likeness (QED) is 0.365. The molecule has 0 bridgehead atoms. The Balaban J connectivity index is 1.45. The third-order valence-electron chi connectivity index (χ3n) is 5.13. The van der Waals surface area contributed by atoms with Crippen LogP contribution in [-0.2, 0) is 9.59 Å². The maximum Gasteiger partial charge on any atom is 0.281 e. The summed E-state index contributed by atoms with van der Waals surface area (Å²) < 4.78 is 16.3. The van der Waals surface area contributed by atoms with Gasteiger partial charge in [0.25, 0.3) is 11.8 Å². The maximum atomic E-state index is 12.9. The molecule has 0 atom stereocenters. The Kier molecular flexibility index (Phi) is 7.27. The smallest absolute Gasteiger partial charge is 0.281 e. The maximum absolute atomic E-state index is 12.9. The van der Waals surface area contributed by atoms with Gasteiger partial charge in [0.1, 0.15) is 11.4 Å². The van der Waals surface area contributed by atoms with Crippen LogP contribution in [0.25, 0.3) is 6.08 Å². The normalized spacial score (nSPS) is 14.0. The molecule has 1 saturated heterocycles. The highest BCUT2D eigenvalue weighted by molar-refractivity contribution is 7.80. The number of thiocarbonyl (C=S) groups is 1. The Bertz CT molecular complexity index is 1290. The number of para-hydroxylation sites is 3. The third-order valence-corrected chi connectivity index (χ3v) is 5.42. The molecule has 0 spiro atoms. The van der Waals surface area contributed by atoms with E-state index >= 15 is 0 Å². The molecular weight excluding hydrogens is 466 g/mol. The fraction of sp³-hybridized carbons (Fsp3) is 0.115. The van der Waals surface area contributed by atoms with Gasteiger partial charge < -0.3 is 24.8 Å². The zero-order valence-corrected chi connectivity index (χ0v) is 19.9. The number of hydrogen-bond donors (Lipinski definition) is 2. The van der Waals surface area contributed by atoms with E-state index in [1.54, 1.807) is 42.5 Å². The highest BCUT2D eigenvalue weighted by atomic mass is 32.1. The molecule has 35 heavy (non-hydrogen) atoms. The number of anilines is 2. The van der Waals surface area contributed by atoms with Gasteiger partial charge in [0.15, 0.2) is 23.2 Å². The number of nitrogens with one attached hydrogen (secondary N) is 2. The van der Waals surface area contributed by atoms with Crippen molar-refractivity contribution in [2.24, 2.45) is 0 Å². The monoisotopic (exact) mass is 489 g/mol. The predicted octanol–water partition coefficient (Wildman–Crippen LogP) is 3.98. The third kappa shape index (κ3) is 5.42. The molecule has 1 aliphatic rings. The molecule has 0 saturated carbocycles. The minimum Gasteiger partial charge on any atom is -0.495 e. The second-order valence-electron chi connectivity index (χ2n) is 7.41. The summed E-state index contributed by atoms with van der Waals surface area (Å²) in [4.78, 5) is 26.7. The lowest BCUT2D eigenvalue weighted by molar-refractivity contribution is -0.118. The van der Waals surface area contributed by atoms with E-state index in [-0.39, 0.29) is 18.4 Å². The Morgan fingerprint density at radius 2 is 1.69 bits per heavy atom. The molecule has 1 fully saturated rings. The second kappa shape index (κ2) is 10.7. The van der Waals surface area contributed by atoms with E-state index in [1.165, 1.54) is 19.1 Å². The van der Waals surface area contributed by atoms with E-state index in [9.17, 15) is 9.59 Å². The van der Waals surface area contributed by atoms with Crippen LogP contribution >= 0.6 is 12.2 Å². The molecule has 1 heterocycles. The van der Waals surface area contributed by atoms with Crippen molar-refractivity contribution in [2.75, 3.05) is 31.0 Å². The zero-order valence-electron chi connectivity index (χ0n) is 19.1. The van der Waals surface area contributed by atoms with E-state index in [2.05, 4.69) is 10.6 Å². The lowest BCUT2D eigenvalue weighted by Crippen LogP contribution is -2.30. The molecule has 8 nitrogen and oxygen atoms in total. The fourth-order valence-electron chi connectivity index (χ4n) is 3.48. The number of benzene rings is 3. The summed E-state index contributed by atoms with van der Waals surface area (Å²) in [6.07, 6.45) is 1.68. The molecule has 2 amide bonds. The summed E-state index contributed by atoms with van der Waals surface area (Å²) in [6.45, 7) is -0.227. The number of hydrogen-bond acceptors (Lipinski definition) is 6. The lowest BCUT2D eigenvalue weighted by atomic mass is 10.1. The Hall–Kier alpha value is -4.37. The number of ether oxygens (including phenoxy) is 3. The van der Waals surface area contributed by atoms with Crippen LogP contribution < -0.4 is 29.7 Å². The largest absolute Gasteiger partial charge is 0.495 e. The molecule has 0 radical (unpaired) electrons. The van der Waals surface area contributed by atoms with E-state index < -0.39 is 0 Å². The van der Waals surface area contributed by atoms with Gasteiger partial charge in [-0.3, -0.25) is 14.5 Å². The summed E-state index contributed by atoms with van der Waals surface area (Å²) >= 11 is 5.35. The fourth-order valence-corrected chi connectivity index (χ4v) is 3.78. The van der Waals surface area contributed by atoms with Crippen molar-refractivity contribution in [1.29, 1.82) is 0 Å². The molecule has 2 N–H and O–H groups in total. The van der Waals surface area contributed by atoms with Crippen molar-refractivity contribution < 1.29 is 23.8 Å². The highest BCUT2D eigenvalue weighted by Gasteiger charge is 2.31. The molecule has 0 aromatic heterocycles. The van der Waals surface area contributed by atoms with Gasteiger partial charge in [0.05, 0.1) is 25.6 Å². The Labute approximate surface area is 208 Å². The summed E-state index contributed by atoms with van der Waals surface area (Å²) in [5.74, 6) is 0.747. The van der Waals surface area contributed by atoms with Crippen molar-refractivity contribution in [3.8, 4) is 17.2 Å². The molecule has 0 aliphatic carbocycles. The number of methoxy groups -OCH3 is 2. The molecule has 0 unspecified atom stereocenters. The molecule has 3 aromatic carbocycles. The minimum absolute atomic E-state index is 0.227. The topological polar surface area (TPSA) is 89.1 Å². The van der Waals surface area contributed by atoms with Crippen molar-refractivity contribution in [1.82, 2.24) is 5.32 Å². The molecule has 3 aromatic rings. The van der Waals surface area contributed by atoms with E-state index in [0.29, 0.717) is 45.0 Å². The van der Waals surface area contributed by atoms with E-state index in [4.69, 9.17) is 26.4 Å². The summed E-state index contributed by atoms with van der Waals surface area (Å²) in [6, 6.07) is 21.4. The van der Waals surface area contributed by atoms with Gasteiger partial charge >= 0.3 is 0 Å². The van der Waals surface area contributed by atoms with Gasteiger partial charge in [-0.05, 0) is 60.3 Å². The second-order valence-corrected chi connectivity index (χ2v) is 7.80. The molecule has 178 valence electrons. The minimum atomic E-state index is -0.349. The number of carbonyl (C=O) groups excluding carboxylic acids is 2. The summed E-state index contributed by atoms with van der Waals surface area (Å²) in [5, 5.41) is 6.02. The predicted molar refractivity (Wildman–Crippen MR) is 138 cm³/mol. The van der Waals surface area contributed by atoms with Gasteiger partial charge in [-0.1, -0.05) is 36.4 Å². The summed E-state index contributed by atoms with van der Waals surface area (Å²) in [5.41, 5.74) is 2.27. The lowest BCUT2D eigenvalue weighted by Gasteiger charge is -2.13. The van der Waals surface area contributed by atoms with E-state index in [0.717, 1.165) is 0 Å². The van der Waals surface area contributed by atoms with Crippen molar-refractivity contribution in [2.45, 2.75) is 0 Å². The Morgan fingerprint density at radius 1 is 0.971 bits per heavy atom. The first-order chi connectivity index (χ1) is 17.0. The van der Waals surface area contributed by atoms with Crippen LogP contribution in [0.1, 0.15) is 5.56 Å². The zero-order chi connectivity index (χ0) is 24.8. The number of amides is 2. The van der Waals surface area contributed by atoms with Crippen LogP contribution in [0.3, 0.4) is 0 Å². The SMILES string of the molecule is COc1ccccc1NC(=O)COc1ccc(/C=C2/NC(=S)N(c3ccccc3)C2=O)cc1OC. The average molecular weight is 490 g/mol. The molecular formula is C26H23N3O5S. The van der Waals surface area contributed by atoms with Gasteiger partial charge in [-0.2, -0.15) is 0 Å². The van der Waals surface area contributed by atoms with Crippen molar-refractivity contribution in [3.05, 3.63) is 84.1 Å². The van der Waals surface area contributed by atoms with Gasteiger partial charge in [0.2, 0.25) is 0 Å². The van der Waals surface area contributed by atoms with Gasteiger partial charge in [-0.15, -0.1) is 0 Å². The number of rotatable bonds is 8. The first-order valence-corrected chi connectivity index (χ1v) is 11.1. The molecule has 4 rings (SSSR count). The van der Waals surface area contributed by atoms with Crippen molar-refractivity contribution in [3.63, 3.8) is 0 Å². The van der Waals surface area contributed by atoms with Crippen LogP contribution in [0.4, 0.5) is 11.4 Å². The molecule has 9 heteroatoms. The van der Waals surface area contributed by atoms with Crippen molar-refractivity contribution >= 4 is 46.6 Å². The standard InChI is InChI=1S/C26H23N3O5S/c1-32-21-11-7-6-10-19(21)27-24(30)16-34-22-13-12-17(15-23(22)33-2)14-20-25(31)29(26(35)28-20)18-8-4-3-5-9-18/h3-15H,16H2,1-2H3,(H,27,30)(H,28,35)/b20-14+. The van der Waals surface area contributed by atoms with Crippen LogP contribution in [-0.4, -0.2) is 37.8 Å². The first-order valence-electron chi connectivity index (χ1n) is 10.7. The number of nitrogens with zero attached hydrogens (tertiary/aromatic N) is 1. The van der Waals surface area contributed by atoms with Crippen LogP contribution in [0.5, 0.6) is 17.2 Å². The van der Waals surface area contributed by atoms with Crippen LogP contribution in [0, 0.1) is 0 Å². The van der Waals surface area contributed by atoms with Gasteiger partial charge in [-0.25, -0.2) is 0 Å². The first kappa shape index (κ1) is 23.8. The molecule has 1 aliphatic heterocycles. The van der Waals surface area contributed by atoms with E-state index in [1.807, 2.05) is 36.4 Å². The average Bonchev–Trinajstić information content (AvgIpc) is 3.16. The summed E-state index contributed by atoms with van der Waals surface area (Å²) in [7, 11) is 3.03. The number of carbonyl (C=O) groups is 2. The van der Waals surface area contributed by atoms with Crippen LogP contribution in [0.2, 0.25) is 0 Å².